The lowest BCUT2D eigenvalue weighted by atomic mass is 9.83. The predicted octanol–water partition coefficient (Wildman–Crippen LogP) is 3.62. The highest BCUT2D eigenvalue weighted by Crippen LogP contribution is 2.37. The lowest BCUT2D eigenvalue weighted by Gasteiger charge is -2.25. The Morgan fingerprint density at radius 3 is 2.46 bits per heavy atom. The molecule has 1 unspecified atom stereocenters. The van der Waals surface area contributed by atoms with Crippen molar-refractivity contribution in [3.8, 4) is 0 Å². The van der Waals surface area contributed by atoms with Crippen molar-refractivity contribution in [2.24, 2.45) is 5.41 Å². The van der Waals surface area contributed by atoms with Crippen LogP contribution in [0.1, 0.15) is 20.8 Å². The fourth-order valence-corrected chi connectivity index (χ4v) is 3.17. The van der Waals surface area contributed by atoms with E-state index < -0.39 is 0 Å². The molecule has 0 spiro atoms. The highest BCUT2D eigenvalue weighted by atomic mass is 127. The van der Waals surface area contributed by atoms with E-state index in [1.54, 1.807) is 6.08 Å². The topological polar surface area (TPSA) is 17.1 Å². The number of hydrogen-bond acceptors (Lipinski definition) is 1. The standard InChI is InChI=1S/C10H12BrIO/c1-10(2,3)6-4-9(13)8(12)5-7(6)11/h4-5,8H,1-3H3. The Balaban J connectivity index is 3.07. The number of rotatable bonds is 0. The highest BCUT2D eigenvalue weighted by molar-refractivity contribution is 14.1. The Labute approximate surface area is 101 Å². The lowest BCUT2D eigenvalue weighted by molar-refractivity contribution is -0.113. The largest absolute Gasteiger partial charge is 0.293 e. The summed E-state index contributed by atoms with van der Waals surface area (Å²) in [4.78, 5) is 11.4. The van der Waals surface area contributed by atoms with E-state index in [0.717, 1.165) is 10.1 Å². The van der Waals surface area contributed by atoms with Gasteiger partial charge in [0.1, 0.15) is 0 Å². The minimum absolute atomic E-state index is 0.0157. The molecule has 0 radical (unpaired) electrons. The van der Waals surface area contributed by atoms with E-state index in [9.17, 15) is 4.79 Å². The lowest BCUT2D eigenvalue weighted by Crippen LogP contribution is -2.20. The molecule has 0 bridgehead atoms. The fraction of sp³-hybridized carbons (Fsp3) is 0.500. The van der Waals surface area contributed by atoms with Crippen LogP contribution >= 0.6 is 38.5 Å². The molecule has 0 N–H and O–H groups in total. The van der Waals surface area contributed by atoms with Crippen molar-refractivity contribution in [3.63, 3.8) is 0 Å². The number of carbonyl (C=O) groups excluding carboxylic acids is 1. The van der Waals surface area contributed by atoms with Gasteiger partial charge in [-0.1, -0.05) is 59.3 Å². The molecule has 0 aliphatic heterocycles. The number of hydrogen-bond donors (Lipinski definition) is 0. The maximum absolute atomic E-state index is 11.4. The SMILES string of the molecule is CC(C)(C)C1=CC(=O)C(I)C=C1Br. The first-order valence-corrected chi connectivity index (χ1v) is 6.14. The van der Waals surface area contributed by atoms with Gasteiger partial charge in [-0.15, -0.1) is 0 Å². The quantitative estimate of drug-likeness (QED) is 0.479. The molecule has 72 valence electrons. The maximum atomic E-state index is 11.4. The third-order valence-electron chi connectivity index (χ3n) is 1.92. The van der Waals surface area contributed by atoms with E-state index in [-0.39, 0.29) is 15.1 Å². The molecule has 1 atom stereocenters. The number of allylic oxidation sites excluding steroid dienone is 4. The Morgan fingerprint density at radius 1 is 1.46 bits per heavy atom. The van der Waals surface area contributed by atoms with Gasteiger partial charge in [-0.05, 0) is 23.1 Å². The van der Waals surface area contributed by atoms with Crippen LogP contribution in [-0.2, 0) is 4.79 Å². The smallest absolute Gasteiger partial charge is 0.172 e. The van der Waals surface area contributed by atoms with Gasteiger partial charge in [0, 0.05) is 4.48 Å². The summed E-state index contributed by atoms with van der Waals surface area (Å²) >= 11 is 5.63. The van der Waals surface area contributed by atoms with E-state index in [1.807, 2.05) is 6.08 Å². The third kappa shape index (κ3) is 2.65. The van der Waals surface area contributed by atoms with Crippen LogP contribution in [0.25, 0.3) is 0 Å². The zero-order valence-corrected chi connectivity index (χ0v) is 11.6. The van der Waals surface area contributed by atoms with Gasteiger partial charge in [-0.2, -0.15) is 0 Å². The second kappa shape index (κ2) is 3.85. The van der Waals surface area contributed by atoms with Crippen LogP contribution in [0.15, 0.2) is 22.2 Å². The monoisotopic (exact) mass is 354 g/mol. The third-order valence-corrected chi connectivity index (χ3v) is 3.58. The summed E-state index contributed by atoms with van der Waals surface area (Å²) in [7, 11) is 0. The molecule has 0 heterocycles. The first kappa shape index (κ1) is 11.4. The molecule has 1 nitrogen and oxygen atoms in total. The van der Waals surface area contributed by atoms with Crippen molar-refractivity contribution in [1.29, 1.82) is 0 Å². The Hall–Kier alpha value is 0.360. The summed E-state index contributed by atoms with van der Waals surface area (Å²) in [6.07, 6.45) is 3.71. The van der Waals surface area contributed by atoms with Crippen LogP contribution in [0, 0.1) is 5.41 Å². The molecule has 1 rings (SSSR count). The number of ketones is 1. The predicted molar refractivity (Wildman–Crippen MR) is 67.4 cm³/mol. The van der Waals surface area contributed by atoms with Crippen molar-refractivity contribution in [2.45, 2.75) is 24.7 Å². The number of halogens is 2. The molecule has 0 saturated carbocycles. The summed E-state index contributed by atoms with van der Waals surface area (Å²) in [6, 6.07) is 0. The van der Waals surface area contributed by atoms with Gasteiger partial charge in [0.05, 0.1) is 3.92 Å². The minimum atomic E-state index is -0.0157. The Morgan fingerprint density at radius 2 is 2.00 bits per heavy atom. The van der Waals surface area contributed by atoms with E-state index in [2.05, 4.69) is 59.3 Å². The highest BCUT2D eigenvalue weighted by Gasteiger charge is 2.26. The first-order chi connectivity index (χ1) is 5.82. The molecule has 1 aliphatic rings. The Bertz CT molecular complexity index is 297. The van der Waals surface area contributed by atoms with Gasteiger partial charge in [0.2, 0.25) is 0 Å². The summed E-state index contributed by atoms with van der Waals surface area (Å²) in [5.41, 5.74) is 1.12. The fourth-order valence-electron chi connectivity index (χ4n) is 1.17. The van der Waals surface area contributed by atoms with Crippen molar-refractivity contribution in [3.05, 3.63) is 22.2 Å². The number of carbonyl (C=O) groups is 1. The summed E-state index contributed by atoms with van der Waals surface area (Å²) in [5.74, 6) is 0.189. The van der Waals surface area contributed by atoms with Gasteiger partial charge in [-0.25, -0.2) is 0 Å². The second-order valence-corrected chi connectivity index (χ2v) is 6.32. The summed E-state index contributed by atoms with van der Waals surface area (Å²) in [5, 5.41) is 0. The molecular weight excluding hydrogens is 343 g/mol. The van der Waals surface area contributed by atoms with Crippen LogP contribution in [0.2, 0.25) is 0 Å². The molecule has 3 heteroatoms. The van der Waals surface area contributed by atoms with Gasteiger partial charge < -0.3 is 0 Å². The van der Waals surface area contributed by atoms with E-state index in [1.165, 1.54) is 0 Å². The zero-order valence-electron chi connectivity index (χ0n) is 7.90. The Kier molecular flexibility index (Phi) is 3.38. The van der Waals surface area contributed by atoms with Crippen LogP contribution in [0.5, 0.6) is 0 Å². The summed E-state index contributed by atoms with van der Waals surface area (Å²) in [6.45, 7) is 6.32. The van der Waals surface area contributed by atoms with Gasteiger partial charge in [-0.3, -0.25) is 4.79 Å². The van der Waals surface area contributed by atoms with E-state index in [0.29, 0.717) is 0 Å². The molecule has 0 amide bonds. The molecule has 0 aromatic heterocycles. The molecule has 0 aromatic rings. The van der Waals surface area contributed by atoms with Crippen LogP contribution in [0.4, 0.5) is 0 Å². The van der Waals surface area contributed by atoms with E-state index >= 15 is 0 Å². The zero-order chi connectivity index (χ0) is 10.2. The van der Waals surface area contributed by atoms with Crippen LogP contribution in [-0.4, -0.2) is 9.71 Å². The average molecular weight is 355 g/mol. The van der Waals surface area contributed by atoms with Crippen LogP contribution < -0.4 is 0 Å². The molecule has 0 aromatic carbocycles. The molecule has 13 heavy (non-hydrogen) atoms. The van der Waals surface area contributed by atoms with Crippen molar-refractivity contribution in [1.82, 2.24) is 0 Å². The number of alkyl halides is 1. The molecule has 0 fully saturated rings. The normalized spacial score (nSPS) is 24.1. The van der Waals surface area contributed by atoms with Crippen molar-refractivity contribution >= 4 is 44.3 Å². The molecular formula is C10H12BrIO. The van der Waals surface area contributed by atoms with Gasteiger partial charge >= 0.3 is 0 Å². The van der Waals surface area contributed by atoms with Gasteiger partial charge in [0.25, 0.3) is 0 Å². The molecule has 1 aliphatic carbocycles. The minimum Gasteiger partial charge on any atom is -0.293 e. The maximum Gasteiger partial charge on any atom is 0.172 e. The van der Waals surface area contributed by atoms with E-state index in [4.69, 9.17) is 0 Å². The van der Waals surface area contributed by atoms with Crippen molar-refractivity contribution < 1.29 is 4.79 Å². The first-order valence-electron chi connectivity index (χ1n) is 4.10. The van der Waals surface area contributed by atoms with Crippen molar-refractivity contribution in [2.75, 3.05) is 0 Å². The van der Waals surface area contributed by atoms with Gasteiger partial charge in [0.15, 0.2) is 5.78 Å². The average Bonchev–Trinajstić information content (AvgIpc) is 1.94. The molecule has 0 saturated heterocycles. The van der Waals surface area contributed by atoms with Crippen LogP contribution in [0.3, 0.4) is 0 Å². The second-order valence-electron chi connectivity index (χ2n) is 4.13. The summed E-state index contributed by atoms with van der Waals surface area (Å²) < 4.78 is 1.04.